The quantitative estimate of drug-likeness (QED) is 0.692. The molecule has 1 aromatic heterocycles. The van der Waals surface area contributed by atoms with Gasteiger partial charge in [-0.25, -0.2) is 4.79 Å². The summed E-state index contributed by atoms with van der Waals surface area (Å²) in [6.07, 6.45) is 1.12. The molecule has 0 atom stereocenters. The van der Waals surface area contributed by atoms with Crippen molar-refractivity contribution >= 4 is 22.8 Å². The van der Waals surface area contributed by atoms with Crippen LogP contribution in [0.2, 0.25) is 0 Å². The van der Waals surface area contributed by atoms with Crippen LogP contribution in [-0.2, 0) is 0 Å². The van der Waals surface area contributed by atoms with Gasteiger partial charge in [0.05, 0.1) is 0 Å². The van der Waals surface area contributed by atoms with Crippen molar-refractivity contribution in [2.45, 2.75) is 0 Å². The number of fused-ring (bicyclic) bond motifs is 1. The van der Waals surface area contributed by atoms with Crippen molar-refractivity contribution in [2.24, 2.45) is 5.73 Å². The highest BCUT2D eigenvalue weighted by atomic mass is 16.4. The van der Waals surface area contributed by atoms with Crippen molar-refractivity contribution in [1.82, 2.24) is 4.98 Å². The van der Waals surface area contributed by atoms with Gasteiger partial charge < -0.3 is 15.8 Å². The number of nitrogens with two attached hydrogens (primary N) is 1. The average Bonchev–Trinajstić information content (AvgIpc) is 2.28. The van der Waals surface area contributed by atoms with E-state index >= 15 is 0 Å². The fourth-order valence-electron chi connectivity index (χ4n) is 1.53. The molecule has 0 spiro atoms. The van der Waals surface area contributed by atoms with E-state index in [0.29, 0.717) is 5.52 Å². The Morgan fingerprint density at radius 3 is 2.59 bits per heavy atom. The molecule has 86 valence electrons. The van der Waals surface area contributed by atoms with E-state index in [0.717, 1.165) is 6.20 Å². The van der Waals surface area contributed by atoms with Crippen LogP contribution in [0.1, 0.15) is 20.7 Å². The molecule has 0 fully saturated rings. The molecule has 6 heteroatoms. The first-order valence-corrected chi connectivity index (χ1v) is 4.69. The van der Waals surface area contributed by atoms with Crippen LogP contribution in [0.25, 0.3) is 10.9 Å². The lowest BCUT2D eigenvalue weighted by atomic mass is 10.1. The standard InChI is InChI=1S/C11H8N2O4/c12-10(15)5-1-2-8-6(3-5)9(14)7(4-13-8)11(16)17/h1-4H,(H2,12,15)(H,13,14)(H,16,17). The van der Waals surface area contributed by atoms with Crippen LogP contribution in [0.4, 0.5) is 0 Å². The first-order valence-electron chi connectivity index (χ1n) is 4.69. The summed E-state index contributed by atoms with van der Waals surface area (Å²) in [6.45, 7) is 0. The molecule has 1 aromatic carbocycles. The summed E-state index contributed by atoms with van der Waals surface area (Å²) in [5.41, 5.74) is 4.67. The van der Waals surface area contributed by atoms with Gasteiger partial charge in [-0.15, -0.1) is 0 Å². The molecule has 4 N–H and O–H groups in total. The molecular weight excluding hydrogens is 224 g/mol. The topological polar surface area (TPSA) is 113 Å². The maximum atomic E-state index is 11.8. The number of carboxylic acid groups (broad SMARTS) is 1. The highest BCUT2D eigenvalue weighted by molar-refractivity contribution is 5.98. The molecule has 2 aromatic rings. The maximum absolute atomic E-state index is 11.8. The first kappa shape index (κ1) is 10.9. The van der Waals surface area contributed by atoms with Gasteiger partial charge in [-0.2, -0.15) is 0 Å². The number of nitrogens with one attached hydrogen (secondary N) is 1. The van der Waals surface area contributed by atoms with Gasteiger partial charge in [0.2, 0.25) is 11.3 Å². The minimum atomic E-state index is -1.32. The van der Waals surface area contributed by atoms with Crippen molar-refractivity contribution in [3.05, 3.63) is 45.7 Å². The lowest BCUT2D eigenvalue weighted by Crippen LogP contribution is -2.17. The van der Waals surface area contributed by atoms with Gasteiger partial charge in [0, 0.05) is 22.7 Å². The number of H-pyrrole nitrogens is 1. The predicted octanol–water partition coefficient (Wildman–Crippen LogP) is 0.325. The van der Waals surface area contributed by atoms with Crippen LogP contribution >= 0.6 is 0 Å². The summed E-state index contributed by atoms with van der Waals surface area (Å²) in [5.74, 6) is -2.00. The van der Waals surface area contributed by atoms with Crippen LogP contribution in [-0.4, -0.2) is 22.0 Å². The smallest absolute Gasteiger partial charge is 0.341 e. The van der Waals surface area contributed by atoms with E-state index < -0.39 is 17.3 Å². The number of carbonyl (C=O) groups excluding carboxylic acids is 1. The second-order valence-corrected chi connectivity index (χ2v) is 3.46. The molecule has 0 aliphatic rings. The number of hydrogen-bond acceptors (Lipinski definition) is 3. The fourth-order valence-corrected chi connectivity index (χ4v) is 1.53. The third-order valence-electron chi connectivity index (χ3n) is 2.40. The van der Waals surface area contributed by atoms with E-state index in [1.807, 2.05) is 0 Å². The Kier molecular flexibility index (Phi) is 2.40. The first-order chi connectivity index (χ1) is 8.00. The Labute approximate surface area is 94.7 Å². The van der Waals surface area contributed by atoms with Crippen LogP contribution in [0.5, 0.6) is 0 Å². The largest absolute Gasteiger partial charge is 0.477 e. The second kappa shape index (κ2) is 3.75. The highest BCUT2D eigenvalue weighted by Gasteiger charge is 2.12. The molecular formula is C11H8N2O4. The number of carboxylic acids is 1. The Morgan fingerprint density at radius 1 is 1.29 bits per heavy atom. The van der Waals surface area contributed by atoms with Crippen molar-refractivity contribution in [3.8, 4) is 0 Å². The van der Waals surface area contributed by atoms with Gasteiger partial charge in [-0.05, 0) is 18.2 Å². The number of hydrogen-bond donors (Lipinski definition) is 3. The normalized spacial score (nSPS) is 10.4. The van der Waals surface area contributed by atoms with Crippen LogP contribution in [0.3, 0.4) is 0 Å². The van der Waals surface area contributed by atoms with E-state index in [-0.39, 0.29) is 16.5 Å². The van der Waals surface area contributed by atoms with Crippen LogP contribution < -0.4 is 11.2 Å². The van der Waals surface area contributed by atoms with E-state index in [4.69, 9.17) is 10.8 Å². The van der Waals surface area contributed by atoms with Gasteiger partial charge in [0.25, 0.3) is 0 Å². The summed E-state index contributed by atoms with van der Waals surface area (Å²) >= 11 is 0. The number of aromatic carboxylic acids is 1. The molecule has 0 bridgehead atoms. The molecule has 1 heterocycles. The van der Waals surface area contributed by atoms with Gasteiger partial charge in [-0.1, -0.05) is 0 Å². The number of aromatic nitrogens is 1. The minimum absolute atomic E-state index is 0.126. The number of benzene rings is 1. The Balaban J connectivity index is 2.83. The SMILES string of the molecule is NC(=O)c1ccc2[nH]cc(C(=O)O)c(=O)c2c1. The number of rotatable bonds is 2. The zero-order chi connectivity index (χ0) is 12.6. The lowest BCUT2D eigenvalue weighted by Gasteiger charge is -2.01. The van der Waals surface area contributed by atoms with Gasteiger partial charge in [0.15, 0.2) is 0 Å². The predicted molar refractivity (Wildman–Crippen MR) is 60.0 cm³/mol. The van der Waals surface area contributed by atoms with Gasteiger partial charge in [0.1, 0.15) is 5.56 Å². The number of primary amides is 1. The van der Waals surface area contributed by atoms with Crippen molar-refractivity contribution < 1.29 is 14.7 Å². The summed E-state index contributed by atoms with van der Waals surface area (Å²) in [4.78, 5) is 36.2. The highest BCUT2D eigenvalue weighted by Crippen LogP contribution is 2.10. The molecule has 17 heavy (non-hydrogen) atoms. The molecule has 0 aliphatic heterocycles. The third kappa shape index (κ3) is 1.76. The molecule has 6 nitrogen and oxygen atoms in total. The van der Waals surface area contributed by atoms with Gasteiger partial charge >= 0.3 is 5.97 Å². The van der Waals surface area contributed by atoms with Crippen molar-refractivity contribution in [1.29, 1.82) is 0 Å². The fraction of sp³-hybridized carbons (Fsp3) is 0. The van der Waals surface area contributed by atoms with Crippen LogP contribution in [0, 0.1) is 0 Å². The molecule has 0 saturated heterocycles. The lowest BCUT2D eigenvalue weighted by molar-refractivity contribution is 0.0695. The summed E-state index contributed by atoms with van der Waals surface area (Å²) in [5, 5.41) is 8.92. The van der Waals surface area contributed by atoms with Crippen molar-refractivity contribution in [2.75, 3.05) is 0 Å². The number of carbonyl (C=O) groups is 2. The summed E-state index contributed by atoms with van der Waals surface area (Å²) in [7, 11) is 0. The molecule has 0 unspecified atom stereocenters. The number of aromatic amines is 1. The minimum Gasteiger partial charge on any atom is -0.477 e. The number of pyridine rings is 1. The van der Waals surface area contributed by atoms with E-state index in [1.165, 1.54) is 18.2 Å². The average molecular weight is 232 g/mol. The Hall–Kier alpha value is -2.63. The Morgan fingerprint density at radius 2 is 2.00 bits per heavy atom. The van der Waals surface area contributed by atoms with E-state index in [2.05, 4.69) is 4.98 Å². The van der Waals surface area contributed by atoms with Crippen molar-refractivity contribution in [3.63, 3.8) is 0 Å². The molecule has 0 saturated carbocycles. The third-order valence-corrected chi connectivity index (χ3v) is 2.40. The van der Waals surface area contributed by atoms with Gasteiger partial charge in [-0.3, -0.25) is 9.59 Å². The number of amides is 1. The second-order valence-electron chi connectivity index (χ2n) is 3.46. The Bertz CT molecular complexity index is 682. The zero-order valence-electron chi connectivity index (χ0n) is 8.56. The zero-order valence-corrected chi connectivity index (χ0v) is 8.56. The molecule has 2 rings (SSSR count). The maximum Gasteiger partial charge on any atom is 0.341 e. The summed E-state index contributed by atoms with van der Waals surface area (Å²) in [6, 6.07) is 4.24. The van der Waals surface area contributed by atoms with E-state index in [1.54, 1.807) is 0 Å². The molecule has 0 radical (unpaired) electrons. The monoisotopic (exact) mass is 232 g/mol. The molecule has 0 aliphatic carbocycles. The van der Waals surface area contributed by atoms with Crippen LogP contribution in [0.15, 0.2) is 29.2 Å². The summed E-state index contributed by atoms with van der Waals surface area (Å²) < 4.78 is 0. The molecule has 1 amide bonds. The van der Waals surface area contributed by atoms with E-state index in [9.17, 15) is 14.4 Å².